The van der Waals surface area contributed by atoms with Crippen LogP contribution in [0.25, 0.3) is 0 Å². The largest absolute Gasteiger partial charge is 0.329 e. The summed E-state index contributed by atoms with van der Waals surface area (Å²) in [5, 5.41) is 0. The molecule has 1 aliphatic heterocycles. The van der Waals surface area contributed by atoms with Crippen molar-refractivity contribution in [2.75, 3.05) is 26.7 Å². The second-order valence-electron chi connectivity index (χ2n) is 7.37. The van der Waals surface area contributed by atoms with E-state index in [9.17, 15) is 14.4 Å². The summed E-state index contributed by atoms with van der Waals surface area (Å²) in [6.07, 6.45) is 1.88. The van der Waals surface area contributed by atoms with Crippen LogP contribution in [0.1, 0.15) is 50.9 Å². The van der Waals surface area contributed by atoms with Crippen molar-refractivity contribution < 1.29 is 9.59 Å². The molecule has 0 saturated carbocycles. The van der Waals surface area contributed by atoms with Crippen molar-refractivity contribution in [1.29, 1.82) is 0 Å². The molecular formula is C21H23N3O3. The molecule has 1 amide bonds. The third kappa shape index (κ3) is 3.32. The van der Waals surface area contributed by atoms with Gasteiger partial charge in [0.2, 0.25) is 0 Å². The zero-order chi connectivity index (χ0) is 19.0. The average molecular weight is 365 g/mol. The number of nitrogens with zero attached hydrogens (tertiary/aromatic N) is 2. The lowest BCUT2D eigenvalue weighted by Gasteiger charge is -2.40. The Morgan fingerprint density at radius 2 is 1.89 bits per heavy atom. The summed E-state index contributed by atoms with van der Waals surface area (Å²) in [5.74, 6) is -0.307. The van der Waals surface area contributed by atoms with Crippen LogP contribution in [0.3, 0.4) is 0 Å². The van der Waals surface area contributed by atoms with Crippen LogP contribution in [-0.2, 0) is 6.42 Å². The van der Waals surface area contributed by atoms with Crippen molar-refractivity contribution in [2.24, 2.45) is 0 Å². The van der Waals surface area contributed by atoms with Crippen molar-refractivity contribution in [2.45, 2.75) is 25.3 Å². The standard InChI is InChI=1S/C21H23N3O3/c1-23-10-11-24(18(13-23)14-6-3-2-4-7-14)21(27)16-12-15-17(22-20(16)26)8-5-9-19(15)25/h2-4,6-7,12,18H,5,8-11,13H2,1H3,(H,22,26). The Balaban J connectivity index is 1.72. The Hall–Kier alpha value is -2.73. The number of pyridine rings is 1. The molecule has 27 heavy (non-hydrogen) atoms. The van der Waals surface area contributed by atoms with Gasteiger partial charge in [0, 0.05) is 37.3 Å². The molecule has 1 unspecified atom stereocenters. The number of ketones is 1. The molecule has 6 nitrogen and oxygen atoms in total. The van der Waals surface area contributed by atoms with Crippen molar-refractivity contribution in [3.63, 3.8) is 0 Å². The highest BCUT2D eigenvalue weighted by atomic mass is 16.2. The molecule has 6 heteroatoms. The normalized spacial score (nSPS) is 20.4. The summed E-state index contributed by atoms with van der Waals surface area (Å²) < 4.78 is 0. The Morgan fingerprint density at radius 1 is 1.11 bits per heavy atom. The van der Waals surface area contributed by atoms with E-state index in [4.69, 9.17) is 0 Å². The third-order valence-corrected chi connectivity index (χ3v) is 5.51. The van der Waals surface area contributed by atoms with Crippen molar-refractivity contribution >= 4 is 11.7 Å². The van der Waals surface area contributed by atoms with Crippen LogP contribution in [0.15, 0.2) is 41.2 Å². The molecule has 1 atom stereocenters. The quantitative estimate of drug-likeness (QED) is 0.884. The van der Waals surface area contributed by atoms with Crippen LogP contribution in [-0.4, -0.2) is 53.2 Å². The fraction of sp³-hybridized carbons (Fsp3) is 0.381. The molecule has 2 heterocycles. The minimum Gasteiger partial charge on any atom is -0.329 e. The fourth-order valence-electron chi connectivity index (χ4n) is 4.01. The Bertz CT molecular complexity index is 935. The van der Waals surface area contributed by atoms with E-state index < -0.39 is 5.56 Å². The van der Waals surface area contributed by atoms with Crippen LogP contribution >= 0.6 is 0 Å². The van der Waals surface area contributed by atoms with Gasteiger partial charge in [-0.3, -0.25) is 14.4 Å². The molecule has 1 N–H and O–H groups in total. The molecule has 0 spiro atoms. The van der Waals surface area contributed by atoms with Gasteiger partial charge in [-0.15, -0.1) is 0 Å². The Morgan fingerprint density at radius 3 is 2.67 bits per heavy atom. The second kappa shape index (κ2) is 7.12. The van der Waals surface area contributed by atoms with E-state index >= 15 is 0 Å². The number of benzene rings is 1. The predicted molar refractivity (Wildman–Crippen MR) is 102 cm³/mol. The molecule has 1 saturated heterocycles. The Kier molecular flexibility index (Phi) is 4.66. The minimum atomic E-state index is -0.404. The van der Waals surface area contributed by atoms with Gasteiger partial charge in [0.25, 0.3) is 11.5 Å². The van der Waals surface area contributed by atoms with Crippen molar-refractivity contribution in [1.82, 2.24) is 14.8 Å². The monoisotopic (exact) mass is 365 g/mol. The smallest absolute Gasteiger partial charge is 0.261 e. The predicted octanol–water partition coefficient (Wildman–Crippen LogP) is 2.02. The van der Waals surface area contributed by atoms with E-state index in [0.29, 0.717) is 37.2 Å². The number of rotatable bonds is 2. The summed E-state index contributed by atoms with van der Waals surface area (Å²) in [4.78, 5) is 44.8. The van der Waals surface area contributed by atoms with Crippen LogP contribution < -0.4 is 5.56 Å². The number of likely N-dealkylation sites (N-methyl/N-ethyl adjacent to an activating group) is 1. The van der Waals surface area contributed by atoms with Gasteiger partial charge in [-0.05, 0) is 31.5 Å². The molecule has 2 aromatic rings. The van der Waals surface area contributed by atoms with E-state index in [0.717, 1.165) is 18.5 Å². The molecule has 1 aromatic heterocycles. The van der Waals surface area contributed by atoms with E-state index in [1.54, 1.807) is 4.90 Å². The first-order chi connectivity index (χ1) is 13.0. The van der Waals surface area contributed by atoms with Crippen molar-refractivity contribution in [3.05, 3.63) is 69.1 Å². The molecular weight excluding hydrogens is 342 g/mol. The highest BCUT2D eigenvalue weighted by Gasteiger charge is 2.33. The number of hydrogen-bond donors (Lipinski definition) is 1. The fourth-order valence-corrected chi connectivity index (χ4v) is 4.01. The number of aryl methyl sites for hydroxylation is 1. The van der Waals surface area contributed by atoms with Gasteiger partial charge >= 0.3 is 0 Å². The van der Waals surface area contributed by atoms with Gasteiger partial charge in [0.1, 0.15) is 5.56 Å². The highest BCUT2D eigenvalue weighted by Crippen LogP contribution is 2.27. The summed E-state index contributed by atoms with van der Waals surface area (Å²) in [5.41, 5.74) is 1.86. The number of piperazine rings is 1. The highest BCUT2D eigenvalue weighted by molar-refractivity contribution is 6.01. The van der Waals surface area contributed by atoms with Crippen molar-refractivity contribution in [3.8, 4) is 0 Å². The van der Waals surface area contributed by atoms with Crippen LogP contribution in [0.2, 0.25) is 0 Å². The first kappa shape index (κ1) is 17.7. The van der Waals surface area contributed by atoms with Gasteiger partial charge < -0.3 is 14.8 Å². The summed E-state index contributed by atoms with van der Waals surface area (Å²) in [7, 11) is 2.03. The van der Waals surface area contributed by atoms with Gasteiger partial charge in [0.15, 0.2) is 5.78 Å². The minimum absolute atomic E-state index is 0.000429. The van der Waals surface area contributed by atoms with Gasteiger partial charge in [0.05, 0.1) is 6.04 Å². The number of hydrogen-bond acceptors (Lipinski definition) is 4. The van der Waals surface area contributed by atoms with Gasteiger partial charge in [-0.1, -0.05) is 30.3 Å². The van der Waals surface area contributed by atoms with E-state index in [1.807, 2.05) is 37.4 Å². The zero-order valence-corrected chi connectivity index (χ0v) is 15.4. The number of fused-ring (bicyclic) bond motifs is 1. The molecule has 0 radical (unpaired) electrons. The lowest BCUT2D eigenvalue weighted by Crippen LogP contribution is -2.50. The molecule has 140 valence electrons. The van der Waals surface area contributed by atoms with Crippen LogP contribution in [0.4, 0.5) is 0 Å². The molecule has 1 aromatic carbocycles. The number of H-pyrrole nitrogens is 1. The number of carbonyl (C=O) groups excluding carboxylic acids is 2. The topological polar surface area (TPSA) is 73.5 Å². The number of aromatic nitrogens is 1. The van der Waals surface area contributed by atoms with E-state index in [-0.39, 0.29) is 23.3 Å². The number of amides is 1. The molecule has 1 fully saturated rings. The SMILES string of the molecule is CN1CCN(C(=O)c2cc3c([nH]c2=O)CCCC3=O)C(c2ccccc2)C1. The van der Waals surface area contributed by atoms with E-state index in [1.165, 1.54) is 6.07 Å². The van der Waals surface area contributed by atoms with Gasteiger partial charge in [-0.25, -0.2) is 0 Å². The first-order valence-electron chi connectivity index (χ1n) is 9.38. The lowest BCUT2D eigenvalue weighted by molar-refractivity contribution is 0.0496. The third-order valence-electron chi connectivity index (χ3n) is 5.51. The van der Waals surface area contributed by atoms with Crippen LogP contribution in [0.5, 0.6) is 0 Å². The maximum absolute atomic E-state index is 13.3. The summed E-state index contributed by atoms with van der Waals surface area (Å²) in [6.45, 7) is 1.99. The number of aromatic amines is 1. The number of carbonyl (C=O) groups is 2. The lowest BCUT2D eigenvalue weighted by atomic mass is 9.93. The zero-order valence-electron chi connectivity index (χ0n) is 15.4. The molecule has 2 aliphatic rings. The molecule has 0 bridgehead atoms. The van der Waals surface area contributed by atoms with Gasteiger partial charge in [-0.2, -0.15) is 0 Å². The first-order valence-corrected chi connectivity index (χ1v) is 9.38. The van der Waals surface area contributed by atoms with Crippen LogP contribution in [0, 0.1) is 0 Å². The maximum atomic E-state index is 13.3. The van der Waals surface area contributed by atoms with E-state index in [2.05, 4.69) is 9.88 Å². The number of nitrogens with one attached hydrogen (secondary N) is 1. The number of Topliss-reactive ketones (excluding diaryl/α,β-unsaturated/α-hetero) is 1. The average Bonchev–Trinajstić information content (AvgIpc) is 2.68. The summed E-state index contributed by atoms with van der Waals surface area (Å²) in [6, 6.07) is 11.3. The summed E-state index contributed by atoms with van der Waals surface area (Å²) >= 11 is 0. The second-order valence-corrected chi connectivity index (χ2v) is 7.37. The maximum Gasteiger partial charge on any atom is 0.261 e. The molecule has 1 aliphatic carbocycles. The molecule has 4 rings (SSSR count). The Labute approximate surface area is 157 Å².